The molecular weight excluding hydrogens is 198 g/mol. The molecule has 1 heterocycles. The number of carboxylic acid groups (broad SMARTS) is 1. The molecule has 0 saturated carbocycles. The summed E-state index contributed by atoms with van der Waals surface area (Å²) < 4.78 is 0. The molecule has 1 fully saturated rings. The van der Waals surface area contributed by atoms with E-state index in [0.717, 1.165) is 18.7 Å². The van der Waals surface area contributed by atoms with Crippen molar-refractivity contribution in [3.05, 3.63) is 0 Å². The van der Waals surface area contributed by atoms with Crippen molar-refractivity contribution >= 4 is 17.7 Å². The van der Waals surface area contributed by atoms with Crippen molar-refractivity contribution in [2.75, 3.05) is 18.1 Å². The van der Waals surface area contributed by atoms with Crippen LogP contribution >= 0.6 is 11.8 Å². The molecular formula is C10H19NO2S. The Hall–Kier alpha value is -0.220. The van der Waals surface area contributed by atoms with Crippen molar-refractivity contribution in [3.8, 4) is 0 Å². The summed E-state index contributed by atoms with van der Waals surface area (Å²) in [5.41, 5.74) is 0. The molecule has 1 N–H and O–H groups in total. The predicted octanol–water partition coefficient (Wildman–Crippen LogP) is 1.68. The van der Waals surface area contributed by atoms with Crippen LogP contribution in [0.5, 0.6) is 0 Å². The Morgan fingerprint density at radius 3 is 2.71 bits per heavy atom. The summed E-state index contributed by atoms with van der Waals surface area (Å²) in [7, 11) is 0. The standard InChI is InChI=1S/C10H19NO2S/c1-3-9(10(12)13)11(4-2)8-5-6-14-7-8/h8-9H,3-7H2,1-2H3,(H,12,13)/t8-,9-/m1/s1. The second-order valence-corrected chi connectivity index (χ2v) is 4.76. The first-order chi connectivity index (χ1) is 6.70. The Bertz CT molecular complexity index is 193. The number of carboxylic acids is 1. The van der Waals surface area contributed by atoms with Crippen molar-refractivity contribution in [1.82, 2.24) is 4.90 Å². The molecule has 0 unspecified atom stereocenters. The molecule has 4 heteroatoms. The fourth-order valence-corrected chi connectivity index (χ4v) is 3.30. The number of thioether (sulfide) groups is 1. The van der Waals surface area contributed by atoms with Gasteiger partial charge in [-0.2, -0.15) is 11.8 Å². The average molecular weight is 217 g/mol. The Kier molecular flexibility index (Phi) is 4.75. The van der Waals surface area contributed by atoms with Gasteiger partial charge in [-0.05, 0) is 25.1 Å². The van der Waals surface area contributed by atoms with Crippen LogP contribution in [0.4, 0.5) is 0 Å². The predicted molar refractivity (Wildman–Crippen MR) is 59.8 cm³/mol. The molecule has 1 aliphatic rings. The van der Waals surface area contributed by atoms with Crippen molar-refractivity contribution < 1.29 is 9.90 Å². The van der Waals surface area contributed by atoms with Gasteiger partial charge in [-0.15, -0.1) is 0 Å². The maximum atomic E-state index is 11.0. The smallest absolute Gasteiger partial charge is 0.320 e. The second-order valence-electron chi connectivity index (χ2n) is 3.61. The van der Waals surface area contributed by atoms with Gasteiger partial charge in [0.05, 0.1) is 0 Å². The van der Waals surface area contributed by atoms with Crippen LogP contribution in [0.25, 0.3) is 0 Å². The van der Waals surface area contributed by atoms with E-state index >= 15 is 0 Å². The molecule has 0 aromatic rings. The fourth-order valence-electron chi connectivity index (χ4n) is 2.07. The lowest BCUT2D eigenvalue weighted by atomic mass is 10.1. The Labute approximate surface area is 89.9 Å². The highest BCUT2D eigenvalue weighted by Gasteiger charge is 2.30. The van der Waals surface area contributed by atoms with E-state index in [1.807, 2.05) is 18.7 Å². The molecule has 14 heavy (non-hydrogen) atoms. The molecule has 0 amide bonds. The summed E-state index contributed by atoms with van der Waals surface area (Å²) in [6.45, 7) is 4.84. The van der Waals surface area contributed by atoms with E-state index in [2.05, 4.69) is 11.8 Å². The molecule has 3 nitrogen and oxygen atoms in total. The highest BCUT2D eigenvalue weighted by molar-refractivity contribution is 7.99. The minimum atomic E-state index is -0.675. The van der Waals surface area contributed by atoms with Crippen molar-refractivity contribution in [2.45, 2.75) is 38.8 Å². The van der Waals surface area contributed by atoms with Crippen LogP contribution in [0, 0.1) is 0 Å². The molecule has 0 spiro atoms. The Morgan fingerprint density at radius 1 is 1.64 bits per heavy atom. The molecule has 1 saturated heterocycles. The van der Waals surface area contributed by atoms with Crippen LogP contribution in [0.3, 0.4) is 0 Å². The summed E-state index contributed by atoms with van der Waals surface area (Å²) in [5.74, 6) is 1.60. The van der Waals surface area contributed by atoms with Gasteiger partial charge in [0.1, 0.15) is 6.04 Å². The summed E-state index contributed by atoms with van der Waals surface area (Å²) in [6.07, 6.45) is 1.84. The lowest BCUT2D eigenvalue weighted by molar-refractivity contribution is -0.144. The number of nitrogens with zero attached hydrogens (tertiary/aromatic N) is 1. The van der Waals surface area contributed by atoms with Gasteiger partial charge < -0.3 is 5.11 Å². The second kappa shape index (κ2) is 5.61. The molecule has 0 bridgehead atoms. The molecule has 0 radical (unpaired) electrons. The highest BCUT2D eigenvalue weighted by Crippen LogP contribution is 2.24. The van der Waals surface area contributed by atoms with Crippen LogP contribution in [0.2, 0.25) is 0 Å². The number of likely N-dealkylation sites (N-methyl/N-ethyl adjacent to an activating group) is 1. The maximum absolute atomic E-state index is 11.0. The molecule has 0 aromatic heterocycles. The SMILES string of the molecule is CC[C@H](C(=O)O)N(CC)[C@@H]1CCSC1. The van der Waals surface area contributed by atoms with Crippen LogP contribution in [-0.4, -0.2) is 46.1 Å². The number of aliphatic carboxylic acids is 1. The summed E-state index contributed by atoms with van der Waals surface area (Å²) >= 11 is 1.93. The van der Waals surface area contributed by atoms with E-state index in [1.54, 1.807) is 0 Å². The van der Waals surface area contributed by atoms with Crippen LogP contribution in [0.15, 0.2) is 0 Å². The normalized spacial score (nSPS) is 24.1. The van der Waals surface area contributed by atoms with Crippen LogP contribution in [0.1, 0.15) is 26.7 Å². The molecule has 0 aromatic carbocycles. The van der Waals surface area contributed by atoms with E-state index in [0.29, 0.717) is 12.5 Å². The van der Waals surface area contributed by atoms with Gasteiger partial charge in [0.25, 0.3) is 0 Å². The zero-order valence-electron chi connectivity index (χ0n) is 8.90. The number of rotatable bonds is 5. The molecule has 1 aliphatic heterocycles. The summed E-state index contributed by atoms with van der Waals surface area (Å²) in [4.78, 5) is 13.2. The molecule has 2 atom stereocenters. The van der Waals surface area contributed by atoms with E-state index in [4.69, 9.17) is 5.11 Å². The molecule has 0 aliphatic carbocycles. The maximum Gasteiger partial charge on any atom is 0.320 e. The van der Waals surface area contributed by atoms with Crippen molar-refractivity contribution in [3.63, 3.8) is 0 Å². The van der Waals surface area contributed by atoms with Gasteiger partial charge in [0.15, 0.2) is 0 Å². The van der Waals surface area contributed by atoms with Crippen LogP contribution < -0.4 is 0 Å². The lowest BCUT2D eigenvalue weighted by Gasteiger charge is -2.31. The van der Waals surface area contributed by atoms with E-state index < -0.39 is 5.97 Å². The highest BCUT2D eigenvalue weighted by atomic mass is 32.2. The van der Waals surface area contributed by atoms with E-state index in [-0.39, 0.29) is 6.04 Å². The number of hydrogen-bond donors (Lipinski definition) is 1. The van der Waals surface area contributed by atoms with E-state index in [9.17, 15) is 4.79 Å². The zero-order valence-corrected chi connectivity index (χ0v) is 9.72. The first-order valence-electron chi connectivity index (χ1n) is 5.27. The third-order valence-electron chi connectivity index (χ3n) is 2.81. The molecule has 82 valence electrons. The van der Waals surface area contributed by atoms with Gasteiger partial charge >= 0.3 is 5.97 Å². The van der Waals surface area contributed by atoms with Crippen LogP contribution in [-0.2, 0) is 4.79 Å². The van der Waals surface area contributed by atoms with Gasteiger partial charge in [0, 0.05) is 11.8 Å². The number of hydrogen-bond acceptors (Lipinski definition) is 3. The largest absolute Gasteiger partial charge is 0.480 e. The van der Waals surface area contributed by atoms with Gasteiger partial charge in [0.2, 0.25) is 0 Å². The minimum Gasteiger partial charge on any atom is -0.480 e. The third kappa shape index (κ3) is 2.64. The summed E-state index contributed by atoms with van der Waals surface area (Å²) in [5, 5.41) is 9.09. The Morgan fingerprint density at radius 2 is 2.36 bits per heavy atom. The Balaban J connectivity index is 2.62. The number of carbonyl (C=O) groups is 1. The van der Waals surface area contributed by atoms with Crippen molar-refractivity contribution in [1.29, 1.82) is 0 Å². The van der Waals surface area contributed by atoms with Crippen molar-refractivity contribution in [2.24, 2.45) is 0 Å². The average Bonchev–Trinajstić information content (AvgIpc) is 2.65. The van der Waals surface area contributed by atoms with E-state index in [1.165, 1.54) is 5.75 Å². The zero-order chi connectivity index (χ0) is 10.6. The molecule has 1 rings (SSSR count). The first-order valence-corrected chi connectivity index (χ1v) is 6.42. The minimum absolute atomic E-state index is 0.288. The monoisotopic (exact) mass is 217 g/mol. The lowest BCUT2D eigenvalue weighted by Crippen LogP contribution is -2.47. The third-order valence-corrected chi connectivity index (χ3v) is 3.96. The quantitative estimate of drug-likeness (QED) is 0.760. The first kappa shape index (κ1) is 11.9. The fraction of sp³-hybridized carbons (Fsp3) is 0.900. The topological polar surface area (TPSA) is 40.5 Å². The summed E-state index contributed by atoms with van der Waals surface area (Å²) in [6, 6.07) is 0.190. The van der Waals surface area contributed by atoms with Gasteiger partial charge in [-0.3, -0.25) is 9.69 Å². The van der Waals surface area contributed by atoms with Gasteiger partial charge in [-0.25, -0.2) is 0 Å². The van der Waals surface area contributed by atoms with Gasteiger partial charge in [-0.1, -0.05) is 13.8 Å².